The van der Waals surface area contributed by atoms with Gasteiger partial charge in [0.1, 0.15) is 12.4 Å². The zero-order valence-corrected chi connectivity index (χ0v) is 10.9. The Bertz CT molecular complexity index is 681. The highest BCUT2D eigenvalue weighted by molar-refractivity contribution is 5.85. The third kappa shape index (κ3) is 4.14. The number of aliphatic carboxylic acids is 1. The van der Waals surface area contributed by atoms with Crippen molar-refractivity contribution in [1.29, 1.82) is 0 Å². The van der Waals surface area contributed by atoms with Gasteiger partial charge in [0.2, 0.25) is 0 Å². The summed E-state index contributed by atoms with van der Waals surface area (Å²) in [6.07, 6.45) is 2.21. The van der Waals surface area contributed by atoms with Crippen molar-refractivity contribution in [2.45, 2.75) is 6.61 Å². The first-order valence-electron chi connectivity index (χ1n) is 6.13. The van der Waals surface area contributed by atoms with Crippen LogP contribution in [0, 0.1) is 11.6 Å². The number of halogens is 2. The number of carboxylic acid groups (broad SMARTS) is 1. The number of hydrogen-bond donors (Lipinski definition) is 1. The molecule has 2 aromatic carbocycles. The van der Waals surface area contributed by atoms with E-state index in [1.165, 1.54) is 36.4 Å². The lowest BCUT2D eigenvalue weighted by Gasteiger charge is -2.08. The molecule has 0 heterocycles. The fourth-order valence-electron chi connectivity index (χ4n) is 1.67. The molecular weight excluding hydrogens is 278 g/mol. The summed E-state index contributed by atoms with van der Waals surface area (Å²) in [5.74, 6) is -2.12. The van der Waals surface area contributed by atoms with E-state index in [4.69, 9.17) is 9.84 Å². The zero-order valence-electron chi connectivity index (χ0n) is 10.9. The Morgan fingerprint density at radius 3 is 2.57 bits per heavy atom. The summed E-state index contributed by atoms with van der Waals surface area (Å²) in [6.45, 7) is -0.115. The van der Waals surface area contributed by atoms with Crippen molar-refractivity contribution < 1.29 is 23.4 Å². The van der Waals surface area contributed by atoms with Gasteiger partial charge in [-0.1, -0.05) is 24.3 Å². The van der Waals surface area contributed by atoms with Crippen molar-refractivity contribution in [3.8, 4) is 5.75 Å². The van der Waals surface area contributed by atoms with E-state index in [0.29, 0.717) is 5.56 Å². The fourth-order valence-corrected chi connectivity index (χ4v) is 1.67. The van der Waals surface area contributed by atoms with Crippen molar-refractivity contribution in [3.63, 3.8) is 0 Å². The number of hydrogen-bond acceptors (Lipinski definition) is 2. The molecule has 0 aliphatic rings. The molecule has 3 nitrogen and oxygen atoms in total. The second-order valence-corrected chi connectivity index (χ2v) is 4.24. The topological polar surface area (TPSA) is 46.5 Å². The molecule has 0 fully saturated rings. The molecule has 0 amide bonds. The molecule has 0 unspecified atom stereocenters. The highest BCUT2D eigenvalue weighted by Crippen LogP contribution is 2.19. The van der Waals surface area contributed by atoms with Crippen LogP contribution >= 0.6 is 0 Å². The summed E-state index contributed by atoms with van der Waals surface area (Å²) in [5.41, 5.74) is 0.676. The van der Waals surface area contributed by atoms with E-state index in [0.717, 1.165) is 6.08 Å². The number of para-hydroxylation sites is 1. The number of benzene rings is 2. The zero-order chi connectivity index (χ0) is 15.2. The summed E-state index contributed by atoms with van der Waals surface area (Å²) in [5, 5.41) is 8.50. The monoisotopic (exact) mass is 290 g/mol. The van der Waals surface area contributed by atoms with Crippen LogP contribution < -0.4 is 4.74 Å². The summed E-state index contributed by atoms with van der Waals surface area (Å²) >= 11 is 0. The van der Waals surface area contributed by atoms with E-state index >= 15 is 0 Å². The van der Waals surface area contributed by atoms with Gasteiger partial charge in [0.25, 0.3) is 0 Å². The van der Waals surface area contributed by atoms with Crippen LogP contribution in [-0.2, 0) is 11.4 Å². The van der Waals surface area contributed by atoms with E-state index < -0.39 is 17.6 Å². The summed E-state index contributed by atoms with van der Waals surface area (Å²) in [7, 11) is 0. The van der Waals surface area contributed by atoms with E-state index in [9.17, 15) is 13.6 Å². The molecule has 0 bridgehead atoms. The van der Waals surface area contributed by atoms with Gasteiger partial charge in [0.15, 0.2) is 11.6 Å². The standard InChI is InChI=1S/C16H12F2O3/c17-13-3-1-2-4-15(13)21-10-12-7-5-11(9-14(12)18)6-8-16(19)20/h1-9H,10H2,(H,19,20). The van der Waals surface area contributed by atoms with Gasteiger partial charge in [0, 0.05) is 11.6 Å². The summed E-state index contributed by atoms with van der Waals surface area (Å²) in [4.78, 5) is 10.4. The van der Waals surface area contributed by atoms with Crippen LogP contribution in [0.4, 0.5) is 8.78 Å². The van der Waals surface area contributed by atoms with Gasteiger partial charge in [-0.3, -0.25) is 0 Å². The van der Waals surface area contributed by atoms with E-state index in [1.807, 2.05) is 0 Å². The maximum atomic E-state index is 13.8. The minimum Gasteiger partial charge on any atom is -0.486 e. The minimum atomic E-state index is -1.11. The van der Waals surface area contributed by atoms with Crippen LogP contribution in [0.25, 0.3) is 6.08 Å². The average Bonchev–Trinajstić information content (AvgIpc) is 2.45. The molecule has 0 spiro atoms. The molecule has 0 aromatic heterocycles. The normalized spacial score (nSPS) is 10.8. The van der Waals surface area contributed by atoms with E-state index in [1.54, 1.807) is 12.1 Å². The molecule has 0 atom stereocenters. The van der Waals surface area contributed by atoms with Crippen LogP contribution in [0.15, 0.2) is 48.5 Å². The first kappa shape index (κ1) is 14.7. The third-order valence-electron chi connectivity index (χ3n) is 2.72. The van der Waals surface area contributed by atoms with Gasteiger partial charge >= 0.3 is 5.97 Å². The molecule has 2 aromatic rings. The summed E-state index contributed by atoms with van der Waals surface area (Å²) in [6, 6.07) is 10.1. The maximum absolute atomic E-state index is 13.8. The molecule has 21 heavy (non-hydrogen) atoms. The smallest absolute Gasteiger partial charge is 0.328 e. The van der Waals surface area contributed by atoms with Crippen LogP contribution in [0.5, 0.6) is 5.75 Å². The van der Waals surface area contributed by atoms with E-state index in [-0.39, 0.29) is 17.9 Å². The van der Waals surface area contributed by atoms with E-state index in [2.05, 4.69) is 0 Å². The predicted octanol–water partition coefficient (Wildman–Crippen LogP) is 3.64. The Labute approximate surface area is 120 Å². The highest BCUT2D eigenvalue weighted by atomic mass is 19.1. The number of carboxylic acids is 1. The third-order valence-corrected chi connectivity index (χ3v) is 2.72. The second kappa shape index (κ2) is 6.65. The van der Waals surface area contributed by atoms with Crippen molar-refractivity contribution >= 4 is 12.0 Å². The van der Waals surface area contributed by atoms with Crippen molar-refractivity contribution in [2.75, 3.05) is 0 Å². The van der Waals surface area contributed by atoms with Gasteiger partial charge in [-0.2, -0.15) is 0 Å². The van der Waals surface area contributed by atoms with Crippen molar-refractivity contribution in [3.05, 3.63) is 71.3 Å². The Balaban J connectivity index is 2.08. The summed E-state index contributed by atoms with van der Waals surface area (Å²) < 4.78 is 32.4. The molecule has 1 N–H and O–H groups in total. The Kier molecular flexibility index (Phi) is 4.66. The Hall–Kier alpha value is -2.69. The second-order valence-electron chi connectivity index (χ2n) is 4.24. The highest BCUT2D eigenvalue weighted by Gasteiger charge is 2.06. The van der Waals surface area contributed by atoms with Crippen LogP contribution in [0.3, 0.4) is 0 Å². The lowest BCUT2D eigenvalue weighted by atomic mass is 10.1. The lowest BCUT2D eigenvalue weighted by molar-refractivity contribution is -0.131. The van der Waals surface area contributed by atoms with Crippen molar-refractivity contribution in [2.24, 2.45) is 0 Å². The van der Waals surface area contributed by atoms with Gasteiger partial charge < -0.3 is 9.84 Å². The molecule has 0 saturated heterocycles. The first-order valence-corrected chi connectivity index (χ1v) is 6.13. The minimum absolute atomic E-state index is 0.0479. The largest absolute Gasteiger partial charge is 0.486 e. The van der Waals surface area contributed by atoms with Gasteiger partial charge in [-0.25, -0.2) is 13.6 Å². The quantitative estimate of drug-likeness (QED) is 0.855. The molecule has 2 rings (SSSR count). The average molecular weight is 290 g/mol. The van der Waals surface area contributed by atoms with Crippen molar-refractivity contribution in [1.82, 2.24) is 0 Å². The molecule has 0 aliphatic carbocycles. The molecule has 108 valence electrons. The van der Waals surface area contributed by atoms with Crippen LogP contribution in [-0.4, -0.2) is 11.1 Å². The fraction of sp³-hybridized carbons (Fsp3) is 0.0625. The lowest BCUT2D eigenvalue weighted by Crippen LogP contribution is -2.00. The van der Waals surface area contributed by atoms with Gasteiger partial charge in [-0.15, -0.1) is 0 Å². The number of rotatable bonds is 5. The first-order chi connectivity index (χ1) is 10.1. The Morgan fingerprint density at radius 1 is 1.14 bits per heavy atom. The molecule has 0 radical (unpaired) electrons. The number of carbonyl (C=O) groups is 1. The predicted molar refractivity (Wildman–Crippen MR) is 73.8 cm³/mol. The van der Waals surface area contributed by atoms with Gasteiger partial charge in [-0.05, 0) is 29.8 Å². The molecule has 0 saturated carbocycles. The van der Waals surface area contributed by atoms with Crippen LogP contribution in [0.2, 0.25) is 0 Å². The van der Waals surface area contributed by atoms with Crippen LogP contribution in [0.1, 0.15) is 11.1 Å². The molecular formula is C16H12F2O3. The molecule has 0 aliphatic heterocycles. The maximum Gasteiger partial charge on any atom is 0.328 e. The SMILES string of the molecule is O=C(O)C=Cc1ccc(COc2ccccc2F)c(F)c1. The molecule has 5 heteroatoms. The Morgan fingerprint density at radius 2 is 1.90 bits per heavy atom. The number of ether oxygens (including phenoxy) is 1. The van der Waals surface area contributed by atoms with Gasteiger partial charge in [0.05, 0.1) is 0 Å².